The maximum Gasteiger partial charge on any atom is 0.234 e. The first-order valence-corrected chi connectivity index (χ1v) is 14.6. The summed E-state index contributed by atoms with van der Waals surface area (Å²) < 4.78 is 2.01. The standard InChI is InChI=1S/C32H44N4O2.ClH/c1-4-5-6-7-8-9-10-19-35-22-25(20-34-35)23-36(26-17-18-30(24(2)3)33-21-26)32(38)29-15-11-14-28-27(29)13-12-16-31(28)37;/h12-13,16-18,20-22,24,29,37H,4-11,14-15,19,23H2,1-3H3;1H. The Hall–Kier alpha value is -2.86. The molecule has 6 nitrogen and oxygen atoms in total. The minimum Gasteiger partial charge on any atom is -0.508 e. The van der Waals surface area contributed by atoms with Gasteiger partial charge < -0.3 is 10.0 Å². The third kappa shape index (κ3) is 8.07. The minimum atomic E-state index is -0.279. The summed E-state index contributed by atoms with van der Waals surface area (Å²) in [7, 11) is 0. The molecule has 0 fully saturated rings. The van der Waals surface area contributed by atoms with Gasteiger partial charge in [0, 0.05) is 24.0 Å². The third-order valence-corrected chi connectivity index (χ3v) is 7.74. The number of amides is 1. The van der Waals surface area contributed by atoms with Crippen LogP contribution < -0.4 is 4.90 Å². The lowest BCUT2D eigenvalue weighted by molar-refractivity contribution is -0.120. The summed E-state index contributed by atoms with van der Waals surface area (Å²) in [5, 5.41) is 15.0. The molecule has 1 aliphatic rings. The van der Waals surface area contributed by atoms with Crippen LogP contribution >= 0.6 is 12.4 Å². The van der Waals surface area contributed by atoms with E-state index in [1.54, 1.807) is 6.07 Å². The van der Waals surface area contributed by atoms with E-state index < -0.39 is 0 Å². The summed E-state index contributed by atoms with van der Waals surface area (Å²) in [5.41, 5.74) is 4.68. The first-order chi connectivity index (χ1) is 18.5. The molecule has 2 heterocycles. The van der Waals surface area contributed by atoms with Crippen LogP contribution in [0.4, 0.5) is 5.69 Å². The lowest BCUT2D eigenvalue weighted by atomic mass is 9.81. The Labute approximate surface area is 240 Å². The molecule has 1 atom stereocenters. The molecule has 1 aromatic carbocycles. The van der Waals surface area contributed by atoms with Crippen molar-refractivity contribution in [1.29, 1.82) is 0 Å². The Balaban J connectivity index is 0.00000420. The number of aryl methyl sites for hydroxylation is 1. The number of hydrogen-bond acceptors (Lipinski definition) is 4. The van der Waals surface area contributed by atoms with E-state index in [4.69, 9.17) is 0 Å². The predicted octanol–water partition coefficient (Wildman–Crippen LogP) is 7.93. The average molecular weight is 553 g/mol. The molecular formula is C32H45ClN4O2. The summed E-state index contributed by atoms with van der Waals surface area (Å²) >= 11 is 0. The zero-order chi connectivity index (χ0) is 26.9. The number of fused-ring (bicyclic) bond motifs is 1. The first-order valence-electron chi connectivity index (χ1n) is 14.6. The molecule has 0 radical (unpaired) electrons. The number of aromatic hydroxyl groups is 1. The molecular weight excluding hydrogens is 508 g/mol. The van der Waals surface area contributed by atoms with Crippen molar-refractivity contribution in [3.8, 4) is 5.75 Å². The highest BCUT2D eigenvalue weighted by Gasteiger charge is 2.32. The fourth-order valence-electron chi connectivity index (χ4n) is 5.49. The first kappa shape index (κ1) is 30.7. The van der Waals surface area contributed by atoms with Crippen molar-refractivity contribution in [1.82, 2.24) is 14.8 Å². The maximum absolute atomic E-state index is 14.1. The van der Waals surface area contributed by atoms with E-state index in [1.165, 1.54) is 38.5 Å². The predicted molar refractivity (Wildman–Crippen MR) is 161 cm³/mol. The number of phenolic OH excluding ortho intramolecular Hbond substituents is 1. The molecule has 7 heteroatoms. The van der Waals surface area contributed by atoms with E-state index in [-0.39, 0.29) is 24.2 Å². The number of pyridine rings is 1. The molecule has 4 rings (SSSR count). The van der Waals surface area contributed by atoms with Crippen LogP contribution in [0, 0.1) is 0 Å². The molecule has 0 saturated heterocycles. The average Bonchev–Trinajstić information content (AvgIpc) is 3.38. The van der Waals surface area contributed by atoms with Crippen LogP contribution in [0.3, 0.4) is 0 Å². The number of nitrogens with zero attached hydrogens (tertiary/aromatic N) is 4. The number of halogens is 1. The van der Waals surface area contributed by atoms with Gasteiger partial charge in [-0.25, -0.2) is 0 Å². The number of hydrogen-bond donors (Lipinski definition) is 1. The third-order valence-electron chi connectivity index (χ3n) is 7.74. The number of carbonyl (C=O) groups is 1. The maximum atomic E-state index is 14.1. The second-order valence-corrected chi connectivity index (χ2v) is 11.0. The van der Waals surface area contributed by atoms with Gasteiger partial charge in [-0.15, -0.1) is 12.4 Å². The highest BCUT2D eigenvalue weighted by atomic mass is 35.5. The number of carbonyl (C=O) groups excluding carboxylic acids is 1. The van der Waals surface area contributed by atoms with Crippen LogP contribution in [0.25, 0.3) is 0 Å². The zero-order valence-corrected chi connectivity index (χ0v) is 24.6. The van der Waals surface area contributed by atoms with Crippen molar-refractivity contribution in [3.05, 3.63) is 71.3 Å². The molecule has 39 heavy (non-hydrogen) atoms. The summed E-state index contributed by atoms with van der Waals surface area (Å²) in [6.07, 6.45) is 17.2. The van der Waals surface area contributed by atoms with E-state index >= 15 is 0 Å². The van der Waals surface area contributed by atoms with Gasteiger partial charge in [0.1, 0.15) is 5.75 Å². The van der Waals surface area contributed by atoms with Crippen LogP contribution in [-0.2, 0) is 24.3 Å². The minimum absolute atomic E-state index is 0. The molecule has 0 aliphatic heterocycles. The van der Waals surface area contributed by atoms with Crippen molar-refractivity contribution in [3.63, 3.8) is 0 Å². The van der Waals surface area contributed by atoms with Crippen LogP contribution in [0.2, 0.25) is 0 Å². The number of anilines is 1. The number of benzene rings is 1. The van der Waals surface area contributed by atoms with Gasteiger partial charge in [0.2, 0.25) is 5.91 Å². The largest absolute Gasteiger partial charge is 0.508 e. The molecule has 1 aliphatic carbocycles. The number of aromatic nitrogens is 3. The molecule has 0 saturated carbocycles. The lowest BCUT2D eigenvalue weighted by Crippen LogP contribution is -2.36. The van der Waals surface area contributed by atoms with Crippen LogP contribution in [0.1, 0.15) is 113 Å². The monoisotopic (exact) mass is 552 g/mol. The summed E-state index contributed by atoms with van der Waals surface area (Å²) in [6, 6.07) is 9.59. The molecule has 1 N–H and O–H groups in total. The summed E-state index contributed by atoms with van der Waals surface area (Å²) in [5.74, 6) is 0.390. The van der Waals surface area contributed by atoms with Crippen LogP contribution in [-0.4, -0.2) is 25.8 Å². The number of phenols is 1. The van der Waals surface area contributed by atoms with Crippen molar-refractivity contribution < 1.29 is 9.90 Å². The number of rotatable bonds is 13. The molecule has 3 aromatic rings. The fraction of sp³-hybridized carbons (Fsp3) is 0.531. The van der Waals surface area contributed by atoms with Crippen molar-refractivity contribution in [2.75, 3.05) is 4.90 Å². The van der Waals surface area contributed by atoms with Gasteiger partial charge in [-0.05, 0) is 60.9 Å². The normalized spacial score (nSPS) is 14.6. The Morgan fingerprint density at radius 3 is 2.56 bits per heavy atom. The van der Waals surface area contributed by atoms with E-state index in [1.807, 2.05) is 46.2 Å². The Kier molecular flexibility index (Phi) is 11.9. The van der Waals surface area contributed by atoms with Gasteiger partial charge >= 0.3 is 0 Å². The Bertz CT molecular complexity index is 1180. The Morgan fingerprint density at radius 2 is 1.85 bits per heavy atom. The van der Waals surface area contributed by atoms with Crippen LogP contribution in [0.15, 0.2) is 48.9 Å². The highest BCUT2D eigenvalue weighted by molar-refractivity contribution is 5.98. The van der Waals surface area contributed by atoms with E-state index in [2.05, 4.69) is 37.1 Å². The lowest BCUT2D eigenvalue weighted by Gasteiger charge is -2.31. The second-order valence-electron chi connectivity index (χ2n) is 11.0. The van der Waals surface area contributed by atoms with Crippen molar-refractivity contribution >= 4 is 24.0 Å². The van der Waals surface area contributed by atoms with Crippen molar-refractivity contribution in [2.24, 2.45) is 0 Å². The molecule has 0 spiro atoms. The number of unbranched alkanes of at least 4 members (excludes halogenated alkanes) is 6. The molecule has 1 unspecified atom stereocenters. The SMILES string of the molecule is CCCCCCCCCn1cc(CN(C(=O)C2CCCc3c(O)cccc32)c2ccc(C(C)C)nc2)cn1.Cl. The smallest absolute Gasteiger partial charge is 0.234 e. The van der Waals surface area contributed by atoms with Crippen LogP contribution in [0.5, 0.6) is 5.75 Å². The zero-order valence-electron chi connectivity index (χ0n) is 23.8. The molecule has 2 aromatic heterocycles. The van der Waals surface area contributed by atoms with E-state index in [0.29, 0.717) is 18.2 Å². The van der Waals surface area contributed by atoms with Gasteiger partial charge in [0.15, 0.2) is 0 Å². The van der Waals surface area contributed by atoms with Gasteiger partial charge in [0.25, 0.3) is 0 Å². The molecule has 212 valence electrons. The van der Waals surface area contributed by atoms with Gasteiger partial charge in [0.05, 0.1) is 30.5 Å². The van der Waals surface area contributed by atoms with Gasteiger partial charge in [-0.2, -0.15) is 5.10 Å². The molecule has 0 bridgehead atoms. The fourth-order valence-corrected chi connectivity index (χ4v) is 5.49. The van der Waals surface area contributed by atoms with Gasteiger partial charge in [-0.1, -0.05) is 71.4 Å². The molecule has 1 amide bonds. The Morgan fingerprint density at radius 1 is 1.08 bits per heavy atom. The van der Waals surface area contributed by atoms with Crippen molar-refractivity contribution in [2.45, 2.75) is 110 Å². The topological polar surface area (TPSA) is 71.2 Å². The quantitative estimate of drug-likeness (QED) is 0.218. The van der Waals surface area contributed by atoms with Gasteiger partial charge in [-0.3, -0.25) is 14.5 Å². The second kappa shape index (κ2) is 15.1. The summed E-state index contributed by atoms with van der Waals surface area (Å²) in [6.45, 7) is 7.84. The summed E-state index contributed by atoms with van der Waals surface area (Å²) in [4.78, 5) is 20.6. The van der Waals surface area contributed by atoms with E-state index in [9.17, 15) is 9.90 Å². The highest BCUT2D eigenvalue weighted by Crippen LogP contribution is 2.38. The van der Waals surface area contributed by atoms with E-state index in [0.717, 1.165) is 60.3 Å².